The van der Waals surface area contributed by atoms with E-state index in [1.54, 1.807) is 19.2 Å². The lowest BCUT2D eigenvalue weighted by Crippen LogP contribution is -2.45. The van der Waals surface area contributed by atoms with Crippen molar-refractivity contribution in [1.82, 2.24) is 0 Å². The van der Waals surface area contributed by atoms with E-state index in [0.717, 1.165) is 36.9 Å². The van der Waals surface area contributed by atoms with Crippen LogP contribution < -0.4 is 10.1 Å². The third-order valence-electron chi connectivity index (χ3n) is 7.96. The summed E-state index contributed by atoms with van der Waals surface area (Å²) in [6, 6.07) is 16.7. The van der Waals surface area contributed by atoms with Crippen molar-refractivity contribution in [3.8, 4) is 5.75 Å². The van der Waals surface area contributed by atoms with Crippen molar-refractivity contribution in [2.75, 3.05) is 12.4 Å². The molecule has 36 heavy (non-hydrogen) atoms. The lowest BCUT2D eigenvalue weighted by Gasteiger charge is -2.42. The topological polar surface area (TPSA) is 86.2 Å². The van der Waals surface area contributed by atoms with E-state index in [0.29, 0.717) is 17.6 Å². The SMILES string of the molecule is COC1(C)CC[C@H]2[C@@H](OO1)[C@H]([C@@H](C)[C@H](O)Oc1ccc(CC(=O)Nc3ccccc3)cc1)CC[C@H]2C. The number of benzene rings is 2. The van der Waals surface area contributed by atoms with Gasteiger partial charge >= 0.3 is 0 Å². The van der Waals surface area contributed by atoms with Crippen LogP contribution in [-0.2, 0) is 25.7 Å². The van der Waals surface area contributed by atoms with E-state index in [1.165, 1.54) is 0 Å². The maximum atomic E-state index is 12.3. The molecule has 2 N–H and O–H groups in total. The fourth-order valence-corrected chi connectivity index (χ4v) is 5.45. The first-order valence-corrected chi connectivity index (χ1v) is 13.0. The van der Waals surface area contributed by atoms with Gasteiger partial charge in [-0.3, -0.25) is 4.79 Å². The minimum atomic E-state index is -0.989. The highest BCUT2D eigenvalue weighted by atomic mass is 17.2. The van der Waals surface area contributed by atoms with E-state index in [1.807, 2.05) is 56.3 Å². The number of aliphatic hydroxyl groups excluding tert-OH is 1. The van der Waals surface area contributed by atoms with Crippen molar-refractivity contribution in [2.45, 2.75) is 71.1 Å². The summed E-state index contributed by atoms with van der Waals surface area (Å²) in [7, 11) is 1.64. The molecule has 1 amide bonds. The van der Waals surface area contributed by atoms with E-state index in [-0.39, 0.29) is 30.3 Å². The van der Waals surface area contributed by atoms with Crippen molar-refractivity contribution < 1.29 is 29.1 Å². The molecule has 7 atom stereocenters. The summed E-state index contributed by atoms with van der Waals surface area (Å²) in [5, 5.41) is 13.9. The van der Waals surface area contributed by atoms with Crippen molar-refractivity contribution in [1.29, 1.82) is 0 Å². The first-order chi connectivity index (χ1) is 17.3. The van der Waals surface area contributed by atoms with Gasteiger partial charge in [0, 0.05) is 25.1 Å². The third-order valence-corrected chi connectivity index (χ3v) is 7.96. The Morgan fingerprint density at radius 1 is 1.14 bits per heavy atom. The van der Waals surface area contributed by atoms with Crippen LogP contribution in [0.2, 0.25) is 0 Å². The number of ether oxygens (including phenoxy) is 2. The van der Waals surface area contributed by atoms with Gasteiger partial charge in [0.15, 0.2) is 12.1 Å². The van der Waals surface area contributed by atoms with Gasteiger partial charge in [0.1, 0.15) is 5.75 Å². The summed E-state index contributed by atoms with van der Waals surface area (Å²) in [6.45, 7) is 6.18. The molecule has 2 aliphatic rings. The molecule has 4 rings (SSSR count). The van der Waals surface area contributed by atoms with Crippen LogP contribution in [-0.4, -0.2) is 36.3 Å². The molecule has 2 aromatic carbocycles. The van der Waals surface area contributed by atoms with Crippen molar-refractivity contribution in [3.05, 3.63) is 60.2 Å². The molecule has 1 aliphatic heterocycles. The lowest BCUT2D eigenvalue weighted by molar-refractivity contribution is -0.441. The fraction of sp³-hybridized carbons (Fsp3) is 0.552. The van der Waals surface area contributed by atoms with Gasteiger partial charge in [-0.2, -0.15) is 0 Å². The Labute approximate surface area is 214 Å². The van der Waals surface area contributed by atoms with Gasteiger partial charge in [0.05, 0.1) is 12.5 Å². The zero-order chi connectivity index (χ0) is 25.7. The molecule has 2 aromatic rings. The van der Waals surface area contributed by atoms with E-state index in [9.17, 15) is 9.90 Å². The van der Waals surface area contributed by atoms with Crippen molar-refractivity contribution in [3.63, 3.8) is 0 Å². The maximum Gasteiger partial charge on any atom is 0.228 e. The van der Waals surface area contributed by atoms with Gasteiger partial charge in [-0.1, -0.05) is 44.2 Å². The van der Waals surface area contributed by atoms with Crippen LogP contribution in [0, 0.1) is 23.7 Å². The second-order valence-corrected chi connectivity index (χ2v) is 10.5. The van der Waals surface area contributed by atoms with Gasteiger partial charge in [0.25, 0.3) is 0 Å². The monoisotopic (exact) mass is 497 g/mol. The summed E-state index contributed by atoms with van der Waals surface area (Å²) in [5.74, 6) is 0.535. The Bertz CT molecular complexity index is 983. The normalized spacial score (nSPS) is 29.9. The zero-order valence-corrected chi connectivity index (χ0v) is 21.7. The number of carbonyl (C=O) groups is 1. The maximum absolute atomic E-state index is 12.3. The second kappa shape index (κ2) is 11.7. The highest BCUT2D eigenvalue weighted by molar-refractivity contribution is 5.92. The van der Waals surface area contributed by atoms with Gasteiger partial charge < -0.3 is 19.9 Å². The number of hydrogen-bond acceptors (Lipinski definition) is 6. The van der Waals surface area contributed by atoms with Crippen LogP contribution in [0.4, 0.5) is 5.69 Å². The van der Waals surface area contributed by atoms with E-state index < -0.39 is 12.1 Å². The van der Waals surface area contributed by atoms with Crippen LogP contribution in [0.25, 0.3) is 0 Å². The highest BCUT2D eigenvalue weighted by Crippen LogP contribution is 2.46. The van der Waals surface area contributed by atoms with E-state index >= 15 is 0 Å². The molecule has 1 unspecified atom stereocenters. The quantitative estimate of drug-likeness (QED) is 0.378. The molecule has 1 saturated heterocycles. The minimum Gasteiger partial charge on any atom is -0.465 e. The van der Waals surface area contributed by atoms with Gasteiger partial charge in [-0.15, -0.1) is 0 Å². The Morgan fingerprint density at radius 3 is 2.56 bits per heavy atom. The number of aliphatic hydroxyl groups is 1. The van der Waals surface area contributed by atoms with Gasteiger partial charge in [0.2, 0.25) is 5.91 Å². The molecule has 2 fully saturated rings. The summed E-state index contributed by atoms with van der Waals surface area (Å²) < 4.78 is 11.5. The van der Waals surface area contributed by atoms with E-state index in [4.69, 9.17) is 19.2 Å². The Balaban J connectivity index is 1.34. The van der Waals surface area contributed by atoms with Crippen molar-refractivity contribution >= 4 is 11.6 Å². The predicted molar refractivity (Wildman–Crippen MR) is 137 cm³/mol. The molecule has 196 valence electrons. The summed E-state index contributed by atoms with van der Waals surface area (Å²) in [4.78, 5) is 24.0. The molecule has 0 aromatic heterocycles. The molecule has 0 bridgehead atoms. The van der Waals surface area contributed by atoms with Crippen LogP contribution in [0.1, 0.15) is 52.0 Å². The molecule has 7 nitrogen and oxygen atoms in total. The molecule has 0 spiro atoms. The van der Waals surface area contributed by atoms with Crippen molar-refractivity contribution in [2.24, 2.45) is 23.7 Å². The molecule has 7 heteroatoms. The van der Waals surface area contributed by atoms with Crippen LogP contribution in [0.15, 0.2) is 54.6 Å². The molecule has 1 heterocycles. The van der Waals surface area contributed by atoms with Crippen LogP contribution in [0.3, 0.4) is 0 Å². The molecule has 1 saturated carbocycles. The zero-order valence-electron chi connectivity index (χ0n) is 21.7. The Kier molecular flexibility index (Phi) is 8.67. The number of carbonyl (C=O) groups excluding carboxylic acids is 1. The number of nitrogens with one attached hydrogen (secondary N) is 1. The van der Waals surface area contributed by atoms with Crippen LogP contribution >= 0.6 is 0 Å². The first kappa shape index (κ1) is 26.6. The molecule has 1 aliphatic carbocycles. The first-order valence-electron chi connectivity index (χ1n) is 13.0. The van der Waals surface area contributed by atoms with Gasteiger partial charge in [-0.25, -0.2) is 9.78 Å². The Morgan fingerprint density at radius 2 is 1.86 bits per heavy atom. The summed E-state index contributed by atoms with van der Waals surface area (Å²) in [5.41, 5.74) is 1.64. The number of anilines is 1. The fourth-order valence-electron chi connectivity index (χ4n) is 5.45. The highest BCUT2D eigenvalue weighted by Gasteiger charge is 2.47. The largest absolute Gasteiger partial charge is 0.465 e. The molecule has 0 radical (unpaired) electrons. The molecular weight excluding hydrogens is 458 g/mol. The predicted octanol–water partition coefficient (Wildman–Crippen LogP) is 5.34. The number of methoxy groups -OCH3 is 1. The number of amides is 1. The lowest BCUT2D eigenvalue weighted by atomic mass is 9.67. The average molecular weight is 498 g/mol. The smallest absolute Gasteiger partial charge is 0.228 e. The third kappa shape index (κ3) is 6.45. The van der Waals surface area contributed by atoms with Gasteiger partial charge in [-0.05, 0) is 73.8 Å². The van der Waals surface area contributed by atoms with E-state index in [2.05, 4.69) is 12.2 Å². The number of fused-ring (bicyclic) bond motifs is 1. The number of rotatable bonds is 8. The summed E-state index contributed by atoms with van der Waals surface area (Å²) in [6.07, 6.45) is 2.89. The minimum absolute atomic E-state index is 0.0835. The second-order valence-electron chi connectivity index (χ2n) is 10.5. The Hall–Kier alpha value is -2.45. The average Bonchev–Trinajstić information content (AvgIpc) is 3.06. The van der Waals surface area contributed by atoms with Crippen LogP contribution in [0.5, 0.6) is 5.75 Å². The summed E-state index contributed by atoms with van der Waals surface area (Å²) >= 11 is 0. The standard InChI is InChI=1S/C29H39NO6/c1-19-10-15-25(27-24(19)16-17-29(3,33-4)36-35-27)20(2)28(32)34-23-13-11-21(12-14-23)18-26(31)30-22-8-6-5-7-9-22/h5-9,11-14,19-20,24-25,27-28,32H,10,15-18H2,1-4H3,(H,30,31)/t19-,20-,24-,25+,27-,28-,29?/m1/s1. The number of para-hydroxylation sites is 1. The number of hydrogen-bond donors (Lipinski definition) is 2. The molecular formula is C29H39NO6.